The van der Waals surface area contributed by atoms with Crippen molar-refractivity contribution >= 4 is 11.8 Å². The lowest BCUT2D eigenvalue weighted by Crippen LogP contribution is -2.13. The van der Waals surface area contributed by atoms with E-state index in [-0.39, 0.29) is 11.5 Å². The highest BCUT2D eigenvalue weighted by atomic mass is 32.2. The Balaban J connectivity index is 2.71. The first-order chi connectivity index (χ1) is 7.45. The van der Waals surface area contributed by atoms with Crippen LogP contribution in [-0.2, 0) is 5.41 Å². The standard InChI is InChI=1S/C14H23NS/c1-14(2,3)12-7-5-11(6-8-12)13(15)9-10-16-4/h5-8,13H,9-10,15H2,1-4H3. The second kappa shape index (κ2) is 5.74. The molecule has 0 aliphatic rings. The van der Waals surface area contributed by atoms with Crippen molar-refractivity contribution in [1.29, 1.82) is 0 Å². The highest BCUT2D eigenvalue weighted by Gasteiger charge is 2.13. The zero-order chi connectivity index (χ0) is 12.2. The summed E-state index contributed by atoms with van der Waals surface area (Å²) in [6.45, 7) is 6.70. The Hall–Kier alpha value is -0.470. The van der Waals surface area contributed by atoms with Gasteiger partial charge in [-0.05, 0) is 35.0 Å². The van der Waals surface area contributed by atoms with Crippen molar-refractivity contribution in [3.63, 3.8) is 0 Å². The third-order valence-electron chi connectivity index (χ3n) is 2.84. The van der Waals surface area contributed by atoms with Gasteiger partial charge in [-0.1, -0.05) is 45.0 Å². The predicted molar refractivity (Wildman–Crippen MR) is 75.1 cm³/mol. The normalized spacial score (nSPS) is 13.8. The first-order valence-electron chi connectivity index (χ1n) is 5.80. The number of thioether (sulfide) groups is 1. The molecule has 0 saturated carbocycles. The summed E-state index contributed by atoms with van der Waals surface area (Å²) in [4.78, 5) is 0. The molecule has 1 rings (SSSR count). The molecule has 1 aromatic carbocycles. The first-order valence-corrected chi connectivity index (χ1v) is 7.19. The first kappa shape index (κ1) is 13.6. The smallest absolute Gasteiger partial charge is 0.0302 e. The Morgan fingerprint density at radius 2 is 1.75 bits per heavy atom. The molecule has 0 radical (unpaired) electrons. The van der Waals surface area contributed by atoms with Gasteiger partial charge in [-0.2, -0.15) is 11.8 Å². The molecule has 0 aromatic heterocycles. The van der Waals surface area contributed by atoms with E-state index < -0.39 is 0 Å². The van der Waals surface area contributed by atoms with Crippen LogP contribution < -0.4 is 5.73 Å². The molecular weight excluding hydrogens is 214 g/mol. The molecule has 0 bridgehead atoms. The lowest BCUT2D eigenvalue weighted by molar-refractivity contribution is 0.589. The Labute approximate surface area is 104 Å². The van der Waals surface area contributed by atoms with Crippen molar-refractivity contribution in [2.24, 2.45) is 5.73 Å². The van der Waals surface area contributed by atoms with Gasteiger partial charge in [0.15, 0.2) is 0 Å². The van der Waals surface area contributed by atoms with Crippen molar-refractivity contribution in [2.75, 3.05) is 12.0 Å². The second-order valence-electron chi connectivity index (χ2n) is 5.26. The van der Waals surface area contributed by atoms with Gasteiger partial charge >= 0.3 is 0 Å². The van der Waals surface area contributed by atoms with Crippen LogP contribution in [0.15, 0.2) is 24.3 Å². The number of hydrogen-bond acceptors (Lipinski definition) is 2. The van der Waals surface area contributed by atoms with E-state index in [1.807, 2.05) is 11.8 Å². The molecule has 90 valence electrons. The van der Waals surface area contributed by atoms with Crippen LogP contribution in [0.1, 0.15) is 44.4 Å². The molecule has 1 nitrogen and oxygen atoms in total. The molecule has 0 aliphatic heterocycles. The van der Waals surface area contributed by atoms with Gasteiger partial charge in [0.25, 0.3) is 0 Å². The SMILES string of the molecule is CSCCC(N)c1ccc(C(C)(C)C)cc1. The molecule has 1 atom stereocenters. The third kappa shape index (κ3) is 3.84. The summed E-state index contributed by atoms with van der Waals surface area (Å²) >= 11 is 1.85. The second-order valence-corrected chi connectivity index (χ2v) is 6.25. The predicted octanol–water partition coefficient (Wildman–Crippen LogP) is 3.74. The molecular formula is C14H23NS. The molecule has 1 unspecified atom stereocenters. The van der Waals surface area contributed by atoms with Crippen LogP contribution in [-0.4, -0.2) is 12.0 Å². The van der Waals surface area contributed by atoms with E-state index >= 15 is 0 Å². The maximum atomic E-state index is 6.13. The highest BCUT2D eigenvalue weighted by molar-refractivity contribution is 7.98. The molecule has 1 aromatic rings. The van der Waals surface area contributed by atoms with Crippen LogP contribution in [0.5, 0.6) is 0 Å². The van der Waals surface area contributed by atoms with Crippen molar-refractivity contribution in [3.05, 3.63) is 35.4 Å². The fraction of sp³-hybridized carbons (Fsp3) is 0.571. The Kier molecular flexibility index (Phi) is 4.88. The quantitative estimate of drug-likeness (QED) is 0.863. The largest absolute Gasteiger partial charge is 0.324 e. The summed E-state index contributed by atoms with van der Waals surface area (Å²) in [5.41, 5.74) is 8.97. The molecule has 0 amide bonds. The average molecular weight is 237 g/mol. The van der Waals surface area contributed by atoms with Crippen molar-refractivity contribution in [1.82, 2.24) is 0 Å². The molecule has 2 N–H and O–H groups in total. The summed E-state index contributed by atoms with van der Waals surface area (Å²) in [5.74, 6) is 1.13. The molecule has 0 saturated heterocycles. The van der Waals surface area contributed by atoms with E-state index in [0.29, 0.717) is 0 Å². The monoisotopic (exact) mass is 237 g/mol. The van der Waals surface area contributed by atoms with Gasteiger partial charge < -0.3 is 5.73 Å². The lowest BCUT2D eigenvalue weighted by Gasteiger charge is -2.20. The van der Waals surface area contributed by atoms with Crippen LogP contribution >= 0.6 is 11.8 Å². The van der Waals surface area contributed by atoms with E-state index in [0.717, 1.165) is 12.2 Å². The molecule has 0 heterocycles. The van der Waals surface area contributed by atoms with Gasteiger partial charge in [0.1, 0.15) is 0 Å². The summed E-state index contributed by atoms with van der Waals surface area (Å²) in [6, 6.07) is 8.93. The maximum absolute atomic E-state index is 6.13. The van der Waals surface area contributed by atoms with E-state index in [1.54, 1.807) is 0 Å². The van der Waals surface area contributed by atoms with E-state index in [9.17, 15) is 0 Å². The van der Waals surface area contributed by atoms with Gasteiger partial charge in [0.2, 0.25) is 0 Å². The van der Waals surface area contributed by atoms with Crippen LogP contribution in [0, 0.1) is 0 Å². The van der Waals surface area contributed by atoms with Crippen LogP contribution in [0.4, 0.5) is 0 Å². The lowest BCUT2D eigenvalue weighted by atomic mass is 9.86. The van der Waals surface area contributed by atoms with Crippen LogP contribution in [0.3, 0.4) is 0 Å². The van der Waals surface area contributed by atoms with Crippen LogP contribution in [0.25, 0.3) is 0 Å². The van der Waals surface area contributed by atoms with Crippen molar-refractivity contribution < 1.29 is 0 Å². The van der Waals surface area contributed by atoms with Gasteiger partial charge in [-0.25, -0.2) is 0 Å². The van der Waals surface area contributed by atoms with Crippen molar-refractivity contribution in [2.45, 2.75) is 38.6 Å². The molecule has 0 spiro atoms. The zero-order valence-electron chi connectivity index (χ0n) is 10.8. The highest BCUT2D eigenvalue weighted by Crippen LogP contribution is 2.24. The van der Waals surface area contributed by atoms with E-state index in [1.165, 1.54) is 11.1 Å². The molecule has 0 fully saturated rings. The molecule has 2 heteroatoms. The van der Waals surface area contributed by atoms with Crippen molar-refractivity contribution in [3.8, 4) is 0 Å². The van der Waals surface area contributed by atoms with Gasteiger partial charge in [-0.15, -0.1) is 0 Å². The summed E-state index contributed by atoms with van der Waals surface area (Å²) < 4.78 is 0. The Bertz CT molecular complexity index is 311. The summed E-state index contributed by atoms with van der Waals surface area (Å²) in [5, 5.41) is 0. The van der Waals surface area contributed by atoms with E-state index in [4.69, 9.17) is 5.73 Å². The average Bonchev–Trinajstić information content (AvgIpc) is 2.25. The third-order valence-corrected chi connectivity index (χ3v) is 3.48. The number of hydrogen-bond donors (Lipinski definition) is 1. The summed E-state index contributed by atoms with van der Waals surface area (Å²) in [7, 11) is 0. The van der Waals surface area contributed by atoms with Gasteiger partial charge in [0.05, 0.1) is 0 Å². The number of rotatable bonds is 4. The van der Waals surface area contributed by atoms with Gasteiger partial charge in [-0.3, -0.25) is 0 Å². The topological polar surface area (TPSA) is 26.0 Å². The summed E-state index contributed by atoms with van der Waals surface area (Å²) in [6.07, 6.45) is 3.17. The van der Waals surface area contributed by atoms with Gasteiger partial charge in [0, 0.05) is 6.04 Å². The van der Waals surface area contributed by atoms with E-state index in [2.05, 4.69) is 51.3 Å². The minimum atomic E-state index is 0.182. The number of benzene rings is 1. The zero-order valence-corrected chi connectivity index (χ0v) is 11.6. The Morgan fingerprint density at radius 3 is 2.19 bits per heavy atom. The fourth-order valence-electron chi connectivity index (χ4n) is 1.64. The minimum absolute atomic E-state index is 0.182. The number of nitrogens with two attached hydrogens (primary N) is 1. The molecule has 0 aliphatic carbocycles. The molecule has 16 heavy (non-hydrogen) atoms. The van der Waals surface area contributed by atoms with Crippen LogP contribution in [0.2, 0.25) is 0 Å². The minimum Gasteiger partial charge on any atom is -0.324 e. The Morgan fingerprint density at radius 1 is 1.19 bits per heavy atom. The fourth-order valence-corrected chi connectivity index (χ4v) is 2.13. The maximum Gasteiger partial charge on any atom is 0.0302 e.